The molecule has 5 heteroatoms. The second-order valence-corrected chi connectivity index (χ2v) is 6.73. The Hall–Kier alpha value is -1.26. The largest absolute Gasteiger partial charge is 0.481 e. The van der Waals surface area contributed by atoms with Crippen LogP contribution >= 0.6 is 0 Å². The minimum Gasteiger partial charge on any atom is -0.481 e. The SMILES string of the molecule is CC(C(=O)O)C1CN(C(=O)N(C)C(C)C(C)(C)C)C1. The van der Waals surface area contributed by atoms with Crippen LogP contribution in [0.2, 0.25) is 0 Å². The summed E-state index contributed by atoms with van der Waals surface area (Å²) >= 11 is 0. The number of urea groups is 1. The molecule has 0 aromatic heterocycles. The molecule has 0 bridgehead atoms. The molecule has 2 unspecified atom stereocenters. The Morgan fingerprint density at radius 2 is 1.74 bits per heavy atom. The molecule has 1 rings (SSSR count). The summed E-state index contributed by atoms with van der Waals surface area (Å²) in [5.74, 6) is -1.08. The van der Waals surface area contributed by atoms with Crippen molar-refractivity contribution in [2.75, 3.05) is 20.1 Å². The van der Waals surface area contributed by atoms with E-state index in [0.717, 1.165) is 0 Å². The summed E-state index contributed by atoms with van der Waals surface area (Å²) in [4.78, 5) is 26.6. The van der Waals surface area contributed by atoms with Crippen LogP contribution in [0.15, 0.2) is 0 Å². The van der Waals surface area contributed by atoms with Crippen LogP contribution in [0.4, 0.5) is 4.79 Å². The van der Waals surface area contributed by atoms with Crippen LogP contribution in [-0.2, 0) is 4.79 Å². The van der Waals surface area contributed by atoms with E-state index in [9.17, 15) is 9.59 Å². The Morgan fingerprint density at radius 3 is 2.11 bits per heavy atom. The van der Waals surface area contributed by atoms with E-state index >= 15 is 0 Å². The molecule has 1 N–H and O–H groups in total. The number of rotatable bonds is 3. The Balaban J connectivity index is 2.52. The highest BCUT2D eigenvalue weighted by atomic mass is 16.4. The van der Waals surface area contributed by atoms with Gasteiger partial charge in [-0.1, -0.05) is 27.7 Å². The van der Waals surface area contributed by atoms with Gasteiger partial charge in [-0.25, -0.2) is 4.79 Å². The van der Waals surface area contributed by atoms with Crippen LogP contribution in [0.3, 0.4) is 0 Å². The molecule has 19 heavy (non-hydrogen) atoms. The van der Waals surface area contributed by atoms with Gasteiger partial charge in [-0.15, -0.1) is 0 Å². The zero-order chi connectivity index (χ0) is 15.0. The fourth-order valence-electron chi connectivity index (χ4n) is 2.16. The first-order valence-corrected chi connectivity index (χ1v) is 6.80. The summed E-state index contributed by atoms with van der Waals surface area (Å²) in [6.07, 6.45) is 0. The van der Waals surface area contributed by atoms with Gasteiger partial charge in [0.25, 0.3) is 0 Å². The third-order valence-electron chi connectivity index (χ3n) is 4.41. The Labute approximate surface area is 115 Å². The Kier molecular flexibility index (Phi) is 4.48. The Bertz CT molecular complexity index is 356. The van der Waals surface area contributed by atoms with E-state index in [1.54, 1.807) is 16.7 Å². The molecule has 0 spiro atoms. The van der Waals surface area contributed by atoms with Crippen molar-refractivity contribution >= 4 is 12.0 Å². The fraction of sp³-hybridized carbons (Fsp3) is 0.857. The Morgan fingerprint density at radius 1 is 1.26 bits per heavy atom. The number of hydrogen-bond acceptors (Lipinski definition) is 2. The van der Waals surface area contributed by atoms with Crippen LogP contribution < -0.4 is 0 Å². The van der Waals surface area contributed by atoms with Crippen LogP contribution in [-0.4, -0.2) is 53.1 Å². The summed E-state index contributed by atoms with van der Waals surface area (Å²) in [7, 11) is 1.81. The van der Waals surface area contributed by atoms with E-state index in [0.29, 0.717) is 13.1 Å². The van der Waals surface area contributed by atoms with Gasteiger partial charge in [0.2, 0.25) is 0 Å². The highest BCUT2D eigenvalue weighted by Crippen LogP contribution is 2.28. The summed E-state index contributed by atoms with van der Waals surface area (Å²) in [6, 6.07) is 0.132. The van der Waals surface area contributed by atoms with Crippen molar-refractivity contribution in [2.24, 2.45) is 17.3 Å². The monoisotopic (exact) mass is 270 g/mol. The predicted molar refractivity (Wildman–Crippen MR) is 73.9 cm³/mol. The van der Waals surface area contributed by atoms with E-state index in [4.69, 9.17) is 5.11 Å². The molecule has 1 fully saturated rings. The maximum Gasteiger partial charge on any atom is 0.320 e. The fourth-order valence-corrected chi connectivity index (χ4v) is 2.16. The molecule has 1 aliphatic heterocycles. The van der Waals surface area contributed by atoms with E-state index in [2.05, 4.69) is 20.8 Å². The number of carboxylic acid groups (broad SMARTS) is 1. The molecule has 0 aromatic rings. The number of amides is 2. The first-order valence-electron chi connectivity index (χ1n) is 6.80. The molecule has 2 atom stereocenters. The normalized spacial score (nSPS) is 19.6. The van der Waals surface area contributed by atoms with Crippen molar-refractivity contribution in [1.29, 1.82) is 0 Å². The smallest absolute Gasteiger partial charge is 0.320 e. The first kappa shape index (κ1) is 15.8. The van der Waals surface area contributed by atoms with Gasteiger partial charge in [-0.2, -0.15) is 0 Å². The van der Waals surface area contributed by atoms with Crippen LogP contribution in [0, 0.1) is 17.3 Å². The lowest BCUT2D eigenvalue weighted by molar-refractivity contribution is -0.144. The van der Waals surface area contributed by atoms with E-state index in [1.165, 1.54) is 0 Å². The van der Waals surface area contributed by atoms with Crippen LogP contribution in [0.1, 0.15) is 34.6 Å². The standard InChI is InChI=1S/C14H26N2O3/c1-9(12(17)18)11-7-16(8-11)13(19)15(6)10(2)14(3,4)5/h9-11H,7-8H2,1-6H3,(H,17,18). The van der Waals surface area contributed by atoms with Gasteiger partial charge in [-0.3, -0.25) is 4.79 Å². The number of nitrogens with zero attached hydrogens (tertiary/aromatic N) is 2. The molecule has 1 aliphatic rings. The molecule has 1 saturated heterocycles. The molecule has 2 amide bonds. The molecule has 1 heterocycles. The molecular formula is C14H26N2O3. The zero-order valence-electron chi connectivity index (χ0n) is 12.8. The third kappa shape index (κ3) is 3.39. The van der Waals surface area contributed by atoms with Crippen molar-refractivity contribution in [3.05, 3.63) is 0 Å². The third-order valence-corrected chi connectivity index (χ3v) is 4.41. The number of carbonyl (C=O) groups is 2. The quantitative estimate of drug-likeness (QED) is 0.854. The number of likely N-dealkylation sites (tertiary alicyclic amines) is 1. The highest BCUT2D eigenvalue weighted by molar-refractivity contribution is 5.76. The number of hydrogen-bond donors (Lipinski definition) is 1. The molecule has 0 radical (unpaired) electrons. The summed E-state index contributed by atoms with van der Waals surface area (Å²) < 4.78 is 0. The zero-order valence-corrected chi connectivity index (χ0v) is 12.8. The van der Waals surface area contributed by atoms with Crippen molar-refractivity contribution in [3.63, 3.8) is 0 Å². The van der Waals surface area contributed by atoms with E-state index in [1.807, 2.05) is 14.0 Å². The molecular weight excluding hydrogens is 244 g/mol. The average molecular weight is 270 g/mol. The lowest BCUT2D eigenvalue weighted by atomic mass is 9.86. The lowest BCUT2D eigenvalue weighted by Crippen LogP contribution is -2.59. The van der Waals surface area contributed by atoms with Gasteiger partial charge in [0.1, 0.15) is 0 Å². The number of carboxylic acids is 1. The summed E-state index contributed by atoms with van der Waals surface area (Å²) in [6.45, 7) is 11.2. The average Bonchev–Trinajstić information content (AvgIpc) is 2.23. The van der Waals surface area contributed by atoms with E-state index < -0.39 is 5.97 Å². The number of aliphatic carboxylic acids is 1. The maximum atomic E-state index is 12.3. The lowest BCUT2D eigenvalue weighted by Gasteiger charge is -2.45. The van der Waals surface area contributed by atoms with E-state index in [-0.39, 0.29) is 29.3 Å². The molecule has 110 valence electrons. The minimum absolute atomic E-state index is 0.00346. The molecule has 0 aromatic carbocycles. The van der Waals surface area contributed by atoms with Gasteiger partial charge in [0, 0.05) is 32.1 Å². The summed E-state index contributed by atoms with van der Waals surface area (Å²) in [5, 5.41) is 8.93. The highest BCUT2D eigenvalue weighted by Gasteiger charge is 2.39. The molecule has 0 saturated carbocycles. The van der Waals surface area contributed by atoms with Gasteiger partial charge >= 0.3 is 12.0 Å². The van der Waals surface area contributed by atoms with Crippen molar-refractivity contribution in [3.8, 4) is 0 Å². The van der Waals surface area contributed by atoms with Gasteiger partial charge < -0.3 is 14.9 Å². The first-order chi connectivity index (χ1) is 8.55. The predicted octanol–water partition coefficient (Wildman–Crippen LogP) is 2.13. The summed E-state index contributed by atoms with van der Waals surface area (Å²) in [5.41, 5.74) is 0.0308. The van der Waals surface area contributed by atoms with Gasteiger partial charge in [-0.05, 0) is 12.3 Å². The topological polar surface area (TPSA) is 60.9 Å². The minimum atomic E-state index is -0.784. The second-order valence-electron chi connectivity index (χ2n) is 6.73. The van der Waals surface area contributed by atoms with Crippen molar-refractivity contribution < 1.29 is 14.7 Å². The maximum absolute atomic E-state index is 12.3. The van der Waals surface area contributed by atoms with Gasteiger partial charge in [0.05, 0.1) is 5.92 Å². The molecule has 5 nitrogen and oxygen atoms in total. The molecule has 0 aliphatic carbocycles. The van der Waals surface area contributed by atoms with Crippen molar-refractivity contribution in [2.45, 2.75) is 40.7 Å². The van der Waals surface area contributed by atoms with Gasteiger partial charge in [0.15, 0.2) is 0 Å². The van der Waals surface area contributed by atoms with Crippen molar-refractivity contribution in [1.82, 2.24) is 9.80 Å². The van der Waals surface area contributed by atoms with Crippen LogP contribution in [0.5, 0.6) is 0 Å². The van der Waals surface area contributed by atoms with Crippen LogP contribution in [0.25, 0.3) is 0 Å². The second kappa shape index (κ2) is 5.39. The number of carbonyl (C=O) groups excluding carboxylic acids is 1.